The molecule has 0 bridgehead atoms. The quantitative estimate of drug-likeness (QED) is 0.842. The summed E-state index contributed by atoms with van der Waals surface area (Å²) in [5.41, 5.74) is -0.323. The first-order chi connectivity index (χ1) is 12.6. The van der Waals surface area contributed by atoms with E-state index >= 15 is 0 Å². The van der Waals surface area contributed by atoms with Gasteiger partial charge < -0.3 is 10.2 Å². The van der Waals surface area contributed by atoms with Crippen LogP contribution < -0.4 is 5.32 Å². The Kier molecular flexibility index (Phi) is 5.59. The van der Waals surface area contributed by atoms with Crippen molar-refractivity contribution in [2.24, 2.45) is 0 Å². The number of rotatable bonds is 4. The van der Waals surface area contributed by atoms with E-state index in [1.54, 1.807) is 4.90 Å². The Morgan fingerprint density at radius 3 is 2.27 bits per heavy atom. The molecule has 1 N–H and O–H groups in total. The maximum atomic E-state index is 13.1. The fourth-order valence-corrected chi connectivity index (χ4v) is 3.86. The molecule has 1 aromatic rings. The van der Waals surface area contributed by atoms with Crippen LogP contribution >= 0.6 is 0 Å². The van der Waals surface area contributed by atoms with E-state index in [0.29, 0.717) is 19.5 Å². The van der Waals surface area contributed by atoms with Gasteiger partial charge in [0, 0.05) is 13.1 Å². The molecule has 2 fully saturated rings. The molecule has 2 heterocycles. The molecule has 6 nitrogen and oxygen atoms in total. The Labute approximate surface area is 154 Å². The van der Waals surface area contributed by atoms with Crippen LogP contribution in [0.4, 0.5) is 4.79 Å². The van der Waals surface area contributed by atoms with E-state index in [9.17, 15) is 14.4 Å². The van der Waals surface area contributed by atoms with Crippen molar-refractivity contribution in [1.29, 1.82) is 0 Å². The third-order valence-electron chi connectivity index (χ3n) is 5.47. The monoisotopic (exact) mass is 357 g/mol. The number of nitrogens with one attached hydrogen (secondary N) is 1. The van der Waals surface area contributed by atoms with Crippen LogP contribution in [0.3, 0.4) is 0 Å². The van der Waals surface area contributed by atoms with E-state index in [-0.39, 0.29) is 18.4 Å². The van der Waals surface area contributed by atoms with Crippen LogP contribution in [-0.2, 0) is 15.1 Å². The SMILES string of the molecule is CC[C@@]1(c2ccccc2)NC(=O)N(CC(=O)N2CCCCCCC2)C1=O. The molecular weight excluding hydrogens is 330 g/mol. The van der Waals surface area contributed by atoms with Gasteiger partial charge in [-0.25, -0.2) is 4.79 Å². The Bertz CT molecular complexity index is 668. The zero-order valence-corrected chi connectivity index (χ0v) is 15.4. The number of likely N-dealkylation sites (tertiary alicyclic amines) is 1. The molecule has 0 radical (unpaired) electrons. The van der Waals surface area contributed by atoms with Crippen LogP contribution in [0, 0.1) is 0 Å². The van der Waals surface area contributed by atoms with Gasteiger partial charge in [-0.05, 0) is 24.8 Å². The molecule has 0 aliphatic carbocycles. The number of benzene rings is 1. The van der Waals surface area contributed by atoms with Gasteiger partial charge in [-0.2, -0.15) is 0 Å². The van der Waals surface area contributed by atoms with Crippen molar-refractivity contribution in [1.82, 2.24) is 15.1 Å². The van der Waals surface area contributed by atoms with Crippen molar-refractivity contribution < 1.29 is 14.4 Å². The van der Waals surface area contributed by atoms with Crippen molar-refractivity contribution >= 4 is 17.8 Å². The smallest absolute Gasteiger partial charge is 0.325 e. The Balaban J connectivity index is 1.75. The molecule has 1 aromatic carbocycles. The summed E-state index contributed by atoms with van der Waals surface area (Å²) >= 11 is 0. The topological polar surface area (TPSA) is 69.7 Å². The molecule has 4 amide bonds. The summed E-state index contributed by atoms with van der Waals surface area (Å²) in [7, 11) is 0. The molecule has 2 aliphatic rings. The van der Waals surface area contributed by atoms with Gasteiger partial charge in [0.25, 0.3) is 5.91 Å². The minimum atomic E-state index is -1.07. The Morgan fingerprint density at radius 2 is 1.65 bits per heavy atom. The lowest BCUT2D eigenvalue weighted by Crippen LogP contribution is -2.46. The number of hydrogen-bond donors (Lipinski definition) is 1. The molecule has 0 unspecified atom stereocenters. The Morgan fingerprint density at radius 1 is 1.04 bits per heavy atom. The first-order valence-corrected chi connectivity index (χ1v) is 9.56. The predicted molar refractivity (Wildman–Crippen MR) is 98.3 cm³/mol. The molecule has 0 spiro atoms. The lowest BCUT2D eigenvalue weighted by molar-refractivity contribution is -0.139. The van der Waals surface area contributed by atoms with E-state index in [2.05, 4.69) is 5.32 Å². The van der Waals surface area contributed by atoms with Gasteiger partial charge in [0.15, 0.2) is 0 Å². The fraction of sp³-hybridized carbons (Fsp3) is 0.550. The Hall–Kier alpha value is -2.37. The average molecular weight is 357 g/mol. The summed E-state index contributed by atoms with van der Waals surface area (Å²) in [6.07, 6.45) is 5.87. The van der Waals surface area contributed by atoms with Gasteiger partial charge in [0.1, 0.15) is 12.1 Å². The molecule has 3 rings (SSSR count). The highest BCUT2D eigenvalue weighted by molar-refractivity contribution is 6.09. The zero-order chi connectivity index (χ0) is 18.6. The average Bonchev–Trinajstić information content (AvgIpc) is 2.87. The second-order valence-corrected chi connectivity index (χ2v) is 7.09. The largest absolute Gasteiger partial charge is 0.341 e. The number of carbonyl (C=O) groups is 3. The van der Waals surface area contributed by atoms with Crippen molar-refractivity contribution in [3.8, 4) is 0 Å². The number of urea groups is 1. The van der Waals surface area contributed by atoms with Gasteiger partial charge >= 0.3 is 6.03 Å². The van der Waals surface area contributed by atoms with Crippen LogP contribution in [0.25, 0.3) is 0 Å². The third-order valence-corrected chi connectivity index (χ3v) is 5.47. The standard InChI is InChI=1S/C20H27N3O3/c1-2-20(16-11-7-6-8-12-16)18(25)23(19(26)21-20)15-17(24)22-13-9-4-3-5-10-14-22/h6-8,11-12H,2-5,9-10,13-15H2,1H3,(H,21,26)/t20-/m0/s1. The van der Waals surface area contributed by atoms with E-state index < -0.39 is 11.6 Å². The lowest BCUT2D eigenvalue weighted by Gasteiger charge is -2.27. The third kappa shape index (κ3) is 3.45. The normalized spacial score (nSPS) is 24.2. The summed E-state index contributed by atoms with van der Waals surface area (Å²) < 4.78 is 0. The summed E-state index contributed by atoms with van der Waals surface area (Å²) in [4.78, 5) is 41.2. The van der Waals surface area contributed by atoms with Crippen molar-refractivity contribution in [3.63, 3.8) is 0 Å². The van der Waals surface area contributed by atoms with E-state index in [1.165, 1.54) is 6.42 Å². The van der Waals surface area contributed by atoms with Crippen LogP contribution in [0.15, 0.2) is 30.3 Å². The zero-order valence-electron chi connectivity index (χ0n) is 15.4. The number of carbonyl (C=O) groups excluding carboxylic acids is 3. The number of imide groups is 1. The molecule has 2 saturated heterocycles. The highest BCUT2D eigenvalue weighted by Gasteiger charge is 2.51. The molecule has 6 heteroatoms. The molecule has 26 heavy (non-hydrogen) atoms. The summed E-state index contributed by atoms with van der Waals surface area (Å²) in [5.74, 6) is -0.480. The fourth-order valence-electron chi connectivity index (χ4n) is 3.86. The van der Waals surface area contributed by atoms with E-state index in [0.717, 1.165) is 36.1 Å². The predicted octanol–water partition coefficient (Wildman–Crippen LogP) is 2.64. The maximum absolute atomic E-state index is 13.1. The summed E-state index contributed by atoms with van der Waals surface area (Å²) in [6.45, 7) is 3.11. The van der Waals surface area contributed by atoms with Gasteiger partial charge in [0.05, 0.1) is 0 Å². The van der Waals surface area contributed by atoms with Crippen LogP contribution in [0.1, 0.15) is 51.0 Å². The molecular formula is C20H27N3O3. The highest BCUT2D eigenvalue weighted by atomic mass is 16.2. The first-order valence-electron chi connectivity index (χ1n) is 9.56. The first kappa shape index (κ1) is 18.4. The second kappa shape index (κ2) is 7.89. The van der Waals surface area contributed by atoms with E-state index in [4.69, 9.17) is 0 Å². The van der Waals surface area contributed by atoms with Crippen molar-refractivity contribution in [2.45, 2.75) is 51.0 Å². The summed E-state index contributed by atoms with van der Waals surface area (Å²) in [6, 6.07) is 8.76. The summed E-state index contributed by atoms with van der Waals surface area (Å²) in [5, 5.41) is 2.83. The maximum Gasteiger partial charge on any atom is 0.325 e. The van der Waals surface area contributed by atoms with Gasteiger partial charge in [-0.1, -0.05) is 56.5 Å². The van der Waals surface area contributed by atoms with Gasteiger partial charge in [0.2, 0.25) is 5.91 Å². The molecule has 2 aliphatic heterocycles. The molecule has 140 valence electrons. The number of hydrogen-bond acceptors (Lipinski definition) is 3. The lowest BCUT2D eigenvalue weighted by atomic mass is 9.87. The minimum Gasteiger partial charge on any atom is -0.341 e. The minimum absolute atomic E-state index is 0.143. The molecule has 0 aromatic heterocycles. The highest BCUT2D eigenvalue weighted by Crippen LogP contribution is 2.32. The van der Waals surface area contributed by atoms with Gasteiger partial charge in [-0.3, -0.25) is 14.5 Å². The van der Waals surface area contributed by atoms with Crippen molar-refractivity contribution in [3.05, 3.63) is 35.9 Å². The van der Waals surface area contributed by atoms with Crippen molar-refractivity contribution in [2.75, 3.05) is 19.6 Å². The van der Waals surface area contributed by atoms with Crippen LogP contribution in [0.2, 0.25) is 0 Å². The molecule has 1 atom stereocenters. The van der Waals surface area contributed by atoms with Crippen LogP contribution in [0.5, 0.6) is 0 Å². The number of amides is 4. The molecule has 0 saturated carbocycles. The number of nitrogens with zero attached hydrogens (tertiary/aromatic N) is 2. The van der Waals surface area contributed by atoms with Crippen LogP contribution in [-0.4, -0.2) is 47.3 Å². The van der Waals surface area contributed by atoms with E-state index in [1.807, 2.05) is 37.3 Å². The second-order valence-electron chi connectivity index (χ2n) is 7.09. The van der Waals surface area contributed by atoms with Gasteiger partial charge in [-0.15, -0.1) is 0 Å².